The first kappa shape index (κ1) is 14.9. The van der Waals surface area contributed by atoms with E-state index in [4.69, 9.17) is 4.74 Å². The average Bonchev–Trinajstić information content (AvgIpc) is 2.17. The molecule has 0 amide bonds. The molecule has 16 heavy (non-hydrogen) atoms. The van der Waals surface area contributed by atoms with Crippen molar-refractivity contribution in [2.24, 2.45) is 0 Å². The molecule has 0 aliphatic heterocycles. The molecular weight excluding hydrogens is 228 g/mol. The molecule has 0 aliphatic rings. The summed E-state index contributed by atoms with van der Waals surface area (Å²) in [5, 5.41) is 0. The standard InChI is InChI=1S/C11H17N2O2.ClH/c1-13(2,3)7-8-15-11(14)10-5-4-6-12-9-10;/h4-6,9H,7-8H2,1-3H3;1H/q+1;/p-1. The molecule has 4 nitrogen and oxygen atoms in total. The average molecular weight is 245 g/mol. The zero-order valence-electron chi connectivity index (χ0n) is 9.81. The van der Waals surface area contributed by atoms with E-state index in [2.05, 4.69) is 26.1 Å². The summed E-state index contributed by atoms with van der Waals surface area (Å²) >= 11 is 0. The van der Waals surface area contributed by atoms with E-state index in [-0.39, 0.29) is 18.4 Å². The van der Waals surface area contributed by atoms with Crippen LogP contribution >= 0.6 is 0 Å². The first-order chi connectivity index (χ1) is 6.99. The van der Waals surface area contributed by atoms with Gasteiger partial charge in [-0.15, -0.1) is 0 Å². The number of halogens is 1. The molecule has 1 heterocycles. The fraction of sp³-hybridized carbons (Fsp3) is 0.455. The van der Waals surface area contributed by atoms with E-state index in [9.17, 15) is 4.79 Å². The van der Waals surface area contributed by atoms with Crippen LogP contribution in [0.3, 0.4) is 0 Å². The lowest BCUT2D eigenvalue weighted by Gasteiger charge is -2.23. The Kier molecular flexibility index (Phi) is 6.00. The third-order valence-electron chi connectivity index (χ3n) is 1.89. The Bertz CT molecular complexity index is 323. The lowest BCUT2D eigenvalue weighted by Crippen LogP contribution is -3.00. The summed E-state index contributed by atoms with van der Waals surface area (Å²) in [6.07, 6.45) is 3.14. The Balaban J connectivity index is 0.00000225. The fourth-order valence-electron chi connectivity index (χ4n) is 0.979. The summed E-state index contributed by atoms with van der Waals surface area (Å²) in [5.41, 5.74) is 0.499. The van der Waals surface area contributed by atoms with Crippen molar-refractivity contribution >= 4 is 5.97 Å². The van der Waals surface area contributed by atoms with Gasteiger partial charge in [0, 0.05) is 12.4 Å². The molecule has 5 heteroatoms. The van der Waals surface area contributed by atoms with E-state index >= 15 is 0 Å². The number of nitrogens with zero attached hydrogens (tertiary/aromatic N) is 2. The number of esters is 1. The lowest BCUT2D eigenvalue weighted by atomic mass is 10.3. The smallest absolute Gasteiger partial charge is 0.339 e. The van der Waals surface area contributed by atoms with Crippen LogP contribution in [0.1, 0.15) is 10.4 Å². The molecule has 0 aliphatic carbocycles. The minimum Gasteiger partial charge on any atom is -1.00 e. The van der Waals surface area contributed by atoms with Gasteiger partial charge in [0.05, 0.1) is 26.7 Å². The molecule has 0 N–H and O–H groups in total. The Morgan fingerprint density at radius 1 is 1.44 bits per heavy atom. The molecule has 0 spiro atoms. The predicted octanol–water partition coefficient (Wildman–Crippen LogP) is -2.05. The summed E-state index contributed by atoms with van der Waals surface area (Å²) in [4.78, 5) is 15.3. The molecule has 0 saturated carbocycles. The van der Waals surface area contributed by atoms with E-state index in [0.717, 1.165) is 11.0 Å². The van der Waals surface area contributed by atoms with Gasteiger partial charge in [-0.05, 0) is 12.1 Å². The summed E-state index contributed by atoms with van der Waals surface area (Å²) in [6.45, 7) is 1.23. The van der Waals surface area contributed by atoms with Gasteiger partial charge < -0.3 is 21.6 Å². The highest BCUT2D eigenvalue weighted by molar-refractivity contribution is 5.88. The Hall–Kier alpha value is -1.13. The zero-order chi connectivity index (χ0) is 11.3. The maximum absolute atomic E-state index is 11.5. The van der Waals surface area contributed by atoms with Crippen LogP contribution in [0.2, 0.25) is 0 Å². The number of pyridine rings is 1. The third kappa shape index (κ3) is 5.68. The highest BCUT2D eigenvalue weighted by atomic mass is 35.5. The van der Waals surface area contributed by atoms with Crippen molar-refractivity contribution in [3.05, 3.63) is 30.1 Å². The van der Waals surface area contributed by atoms with Crippen molar-refractivity contribution < 1.29 is 26.4 Å². The highest BCUT2D eigenvalue weighted by Gasteiger charge is 2.10. The number of carbonyl (C=O) groups excluding carboxylic acids is 1. The minimum absolute atomic E-state index is 0. The first-order valence-electron chi connectivity index (χ1n) is 4.87. The molecule has 1 rings (SSSR count). The van der Waals surface area contributed by atoms with E-state index in [0.29, 0.717) is 12.2 Å². The molecule has 1 aromatic rings. The van der Waals surface area contributed by atoms with Gasteiger partial charge in [0.15, 0.2) is 0 Å². The van der Waals surface area contributed by atoms with Gasteiger partial charge in [-0.2, -0.15) is 0 Å². The summed E-state index contributed by atoms with van der Waals surface area (Å²) in [6, 6.07) is 3.41. The number of rotatable bonds is 4. The quantitative estimate of drug-likeness (QED) is 0.452. The topological polar surface area (TPSA) is 39.2 Å². The number of ether oxygens (including phenoxy) is 1. The SMILES string of the molecule is C[N+](C)(C)CCOC(=O)c1cccnc1.[Cl-]. The predicted molar refractivity (Wildman–Crippen MR) is 57.4 cm³/mol. The minimum atomic E-state index is -0.309. The van der Waals surface area contributed by atoms with Gasteiger partial charge in [-0.3, -0.25) is 4.98 Å². The first-order valence-corrected chi connectivity index (χ1v) is 4.87. The molecule has 90 valence electrons. The molecule has 0 aromatic carbocycles. The van der Waals surface area contributed by atoms with Crippen molar-refractivity contribution in [1.82, 2.24) is 4.98 Å². The van der Waals surface area contributed by atoms with E-state index in [1.807, 2.05) is 0 Å². The summed E-state index contributed by atoms with van der Waals surface area (Å²) in [5.74, 6) is -0.309. The van der Waals surface area contributed by atoms with Crippen LogP contribution in [0.15, 0.2) is 24.5 Å². The van der Waals surface area contributed by atoms with Crippen LogP contribution in [0.4, 0.5) is 0 Å². The fourth-order valence-corrected chi connectivity index (χ4v) is 0.979. The monoisotopic (exact) mass is 244 g/mol. The van der Waals surface area contributed by atoms with E-state index in [1.165, 1.54) is 6.20 Å². The second kappa shape index (κ2) is 6.45. The molecule has 0 atom stereocenters. The normalized spacial score (nSPS) is 10.4. The molecule has 0 bridgehead atoms. The van der Waals surface area contributed by atoms with Crippen LogP contribution in [0, 0.1) is 0 Å². The largest absolute Gasteiger partial charge is 1.00 e. The third-order valence-corrected chi connectivity index (χ3v) is 1.89. The van der Waals surface area contributed by atoms with Crippen molar-refractivity contribution in [2.75, 3.05) is 34.3 Å². The number of hydrogen-bond acceptors (Lipinski definition) is 3. The van der Waals surface area contributed by atoms with Crippen LogP contribution in [-0.4, -0.2) is 49.7 Å². The highest BCUT2D eigenvalue weighted by Crippen LogP contribution is 1.99. The van der Waals surface area contributed by atoms with Crippen molar-refractivity contribution in [1.29, 1.82) is 0 Å². The molecule has 0 fully saturated rings. The van der Waals surface area contributed by atoms with Gasteiger partial charge in [0.1, 0.15) is 13.2 Å². The summed E-state index contributed by atoms with van der Waals surface area (Å²) in [7, 11) is 6.16. The second-order valence-electron chi connectivity index (χ2n) is 4.39. The van der Waals surface area contributed by atoms with E-state index < -0.39 is 0 Å². The van der Waals surface area contributed by atoms with Crippen molar-refractivity contribution in [3.63, 3.8) is 0 Å². The van der Waals surface area contributed by atoms with Gasteiger partial charge in [-0.25, -0.2) is 4.79 Å². The number of hydrogen-bond donors (Lipinski definition) is 0. The number of likely N-dealkylation sites (N-methyl/N-ethyl adjacent to an activating group) is 1. The molecular formula is C11H17ClN2O2. The molecule has 0 saturated heterocycles. The Morgan fingerprint density at radius 2 is 2.12 bits per heavy atom. The molecule has 0 unspecified atom stereocenters. The molecule has 0 radical (unpaired) electrons. The van der Waals surface area contributed by atoms with Crippen LogP contribution < -0.4 is 12.4 Å². The second-order valence-corrected chi connectivity index (χ2v) is 4.39. The Labute approximate surface area is 102 Å². The lowest BCUT2D eigenvalue weighted by molar-refractivity contribution is -0.870. The zero-order valence-corrected chi connectivity index (χ0v) is 10.6. The number of aromatic nitrogens is 1. The van der Waals surface area contributed by atoms with Crippen LogP contribution in [0.5, 0.6) is 0 Å². The van der Waals surface area contributed by atoms with Crippen molar-refractivity contribution in [3.8, 4) is 0 Å². The number of quaternary nitrogens is 1. The van der Waals surface area contributed by atoms with Crippen LogP contribution in [-0.2, 0) is 4.74 Å². The maximum atomic E-state index is 11.5. The summed E-state index contributed by atoms with van der Waals surface area (Å²) < 4.78 is 5.89. The van der Waals surface area contributed by atoms with Gasteiger partial charge >= 0.3 is 5.97 Å². The van der Waals surface area contributed by atoms with E-state index in [1.54, 1.807) is 18.3 Å². The van der Waals surface area contributed by atoms with Gasteiger partial charge in [0.25, 0.3) is 0 Å². The molecule has 1 aromatic heterocycles. The van der Waals surface area contributed by atoms with Crippen LogP contribution in [0.25, 0.3) is 0 Å². The van der Waals surface area contributed by atoms with Gasteiger partial charge in [0.2, 0.25) is 0 Å². The van der Waals surface area contributed by atoms with Crippen molar-refractivity contribution in [2.45, 2.75) is 0 Å². The Morgan fingerprint density at radius 3 is 2.62 bits per heavy atom. The maximum Gasteiger partial charge on any atom is 0.339 e. The number of carbonyl (C=O) groups is 1. The van der Waals surface area contributed by atoms with Gasteiger partial charge in [-0.1, -0.05) is 0 Å².